The van der Waals surface area contributed by atoms with Crippen molar-refractivity contribution in [3.8, 4) is 11.5 Å². The predicted octanol–water partition coefficient (Wildman–Crippen LogP) is 1.38. The third-order valence-electron chi connectivity index (χ3n) is 3.89. The van der Waals surface area contributed by atoms with Crippen molar-refractivity contribution >= 4 is 11.9 Å². The molecular weight excluding hydrogens is 274 g/mol. The van der Waals surface area contributed by atoms with E-state index < -0.39 is 17.8 Å². The van der Waals surface area contributed by atoms with Gasteiger partial charge in [0, 0.05) is 24.7 Å². The Hall–Kier alpha value is -2.24. The quantitative estimate of drug-likeness (QED) is 0.887. The molecule has 0 spiro atoms. The number of ether oxygens (including phenoxy) is 2. The summed E-state index contributed by atoms with van der Waals surface area (Å²) in [4.78, 5) is 24.8. The molecule has 0 radical (unpaired) electrons. The molecule has 6 nitrogen and oxygen atoms in total. The third-order valence-corrected chi connectivity index (χ3v) is 3.89. The Morgan fingerprint density at radius 1 is 1.38 bits per heavy atom. The van der Waals surface area contributed by atoms with Crippen LogP contribution in [0, 0.1) is 11.8 Å². The Labute approximate surface area is 123 Å². The van der Waals surface area contributed by atoms with E-state index in [4.69, 9.17) is 14.6 Å². The Balaban J connectivity index is 2.19. The van der Waals surface area contributed by atoms with E-state index in [9.17, 15) is 9.59 Å². The van der Waals surface area contributed by atoms with E-state index in [1.807, 2.05) is 6.07 Å². The zero-order valence-electron chi connectivity index (χ0n) is 12.3. The molecule has 1 saturated heterocycles. The van der Waals surface area contributed by atoms with Crippen LogP contribution in [0.25, 0.3) is 0 Å². The summed E-state index contributed by atoms with van der Waals surface area (Å²) in [6, 6.07) is 5.36. The Kier molecular flexibility index (Phi) is 4.35. The van der Waals surface area contributed by atoms with Gasteiger partial charge in [0.2, 0.25) is 5.91 Å². The molecule has 0 bridgehead atoms. The highest BCUT2D eigenvalue weighted by Gasteiger charge is 2.41. The first-order valence-electron chi connectivity index (χ1n) is 6.70. The molecule has 6 heteroatoms. The van der Waals surface area contributed by atoms with E-state index in [0.717, 1.165) is 5.56 Å². The molecule has 21 heavy (non-hydrogen) atoms. The van der Waals surface area contributed by atoms with Crippen LogP contribution in [0.1, 0.15) is 12.5 Å². The number of nitrogens with zero attached hydrogens (tertiary/aromatic N) is 1. The average Bonchev–Trinajstić information content (AvgIpc) is 2.76. The average molecular weight is 293 g/mol. The maximum Gasteiger partial charge on any atom is 0.309 e. The highest BCUT2D eigenvalue weighted by molar-refractivity contribution is 5.88. The minimum absolute atomic E-state index is 0.139. The number of benzene rings is 1. The maximum atomic E-state index is 12.1. The van der Waals surface area contributed by atoms with E-state index in [2.05, 4.69) is 0 Å². The van der Waals surface area contributed by atoms with Crippen molar-refractivity contribution in [2.75, 3.05) is 20.8 Å². The molecule has 1 fully saturated rings. The van der Waals surface area contributed by atoms with Crippen molar-refractivity contribution < 1.29 is 24.2 Å². The number of likely N-dealkylation sites (tertiary alicyclic amines) is 1. The number of carboxylic acids is 1. The van der Waals surface area contributed by atoms with E-state index in [-0.39, 0.29) is 12.5 Å². The lowest BCUT2D eigenvalue weighted by atomic mass is 9.98. The van der Waals surface area contributed by atoms with Crippen LogP contribution < -0.4 is 9.47 Å². The van der Waals surface area contributed by atoms with Crippen LogP contribution in [-0.4, -0.2) is 42.6 Å². The number of carbonyl (C=O) groups is 2. The van der Waals surface area contributed by atoms with Gasteiger partial charge in [-0.25, -0.2) is 0 Å². The lowest BCUT2D eigenvalue weighted by molar-refractivity contribution is -0.143. The number of aliphatic carboxylic acids is 1. The van der Waals surface area contributed by atoms with Crippen molar-refractivity contribution in [2.24, 2.45) is 11.8 Å². The smallest absolute Gasteiger partial charge is 0.309 e. The van der Waals surface area contributed by atoms with Gasteiger partial charge in [0.1, 0.15) is 11.5 Å². The molecule has 2 rings (SSSR count). The van der Waals surface area contributed by atoms with Crippen LogP contribution in [0.5, 0.6) is 11.5 Å². The summed E-state index contributed by atoms with van der Waals surface area (Å²) >= 11 is 0. The highest BCUT2D eigenvalue weighted by atomic mass is 16.5. The number of methoxy groups -OCH3 is 2. The topological polar surface area (TPSA) is 76.1 Å². The minimum atomic E-state index is -0.931. The Bertz CT molecular complexity index is 557. The molecule has 0 saturated carbocycles. The first kappa shape index (κ1) is 15.2. The van der Waals surface area contributed by atoms with Crippen LogP contribution in [0.3, 0.4) is 0 Å². The molecule has 1 heterocycles. The standard InChI is InChI=1S/C15H19NO5/c1-9-12(15(18)19)8-16(14(9)17)7-10-4-5-11(20-2)6-13(10)21-3/h4-6,9,12H,7-8H2,1-3H3,(H,18,19)/t9?,12-/m0/s1. The minimum Gasteiger partial charge on any atom is -0.497 e. The predicted molar refractivity (Wildman–Crippen MR) is 75.3 cm³/mol. The van der Waals surface area contributed by atoms with Crippen molar-refractivity contribution in [3.63, 3.8) is 0 Å². The van der Waals surface area contributed by atoms with Crippen LogP contribution in [0.15, 0.2) is 18.2 Å². The molecule has 1 aliphatic rings. The number of carbonyl (C=O) groups excluding carboxylic acids is 1. The van der Waals surface area contributed by atoms with Crippen molar-refractivity contribution in [1.29, 1.82) is 0 Å². The van der Waals surface area contributed by atoms with Gasteiger partial charge in [-0.1, -0.05) is 6.92 Å². The van der Waals surface area contributed by atoms with Gasteiger partial charge in [0.25, 0.3) is 0 Å². The zero-order chi connectivity index (χ0) is 15.6. The lowest BCUT2D eigenvalue weighted by Crippen LogP contribution is -2.26. The monoisotopic (exact) mass is 293 g/mol. The van der Waals surface area contributed by atoms with Crippen LogP contribution in [-0.2, 0) is 16.1 Å². The summed E-state index contributed by atoms with van der Waals surface area (Å²) in [7, 11) is 3.12. The molecule has 1 aliphatic heterocycles. The SMILES string of the molecule is COc1ccc(CN2C[C@H](C(=O)O)C(C)C2=O)c(OC)c1. The number of rotatable bonds is 5. The highest BCUT2D eigenvalue weighted by Crippen LogP contribution is 2.30. The van der Waals surface area contributed by atoms with Gasteiger partial charge in [0.15, 0.2) is 0 Å². The normalized spacial score (nSPS) is 21.5. The van der Waals surface area contributed by atoms with Crippen molar-refractivity contribution in [2.45, 2.75) is 13.5 Å². The molecule has 2 atom stereocenters. The fourth-order valence-corrected chi connectivity index (χ4v) is 2.57. The molecule has 0 aliphatic carbocycles. The molecule has 1 aromatic rings. The molecule has 1 N–H and O–H groups in total. The first-order chi connectivity index (χ1) is 9.97. The molecule has 1 aromatic carbocycles. The molecular formula is C15H19NO5. The van der Waals surface area contributed by atoms with Crippen molar-refractivity contribution in [3.05, 3.63) is 23.8 Å². The van der Waals surface area contributed by atoms with Crippen LogP contribution >= 0.6 is 0 Å². The molecule has 0 aromatic heterocycles. The molecule has 114 valence electrons. The summed E-state index contributed by atoms with van der Waals surface area (Å²) in [6.45, 7) is 2.22. The second-order valence-corrected chi connectivity index (χ2v) is 5.13. The van der Waals surface area contributed by atoms with Gasteiger partial charge in [0.05, 0.1) is 26.1 Å². The second kappa shape index (κ2) is 6.03. The van der Waals surface area contributed by atoms with Gasteiger partial charge in [-0.05, 0) is 12.1 Å². The van der Waals surface area contributed by atoms with Gasteiger partial charge in [-0.2, -0.15) is 0 Å². The number of carboxylic acid groups (broad SMARTS) is 1. The summed E-state index contributed by atoms with van der Waals surface area (Å²) < 4.78 is 10.4. The van der Waals surface area contributed by atoms with Gasteiger partial charge in [-0.15, -0.1) is 0 Å². The fourth-order valence-electron chi connectivity index (χ4n) is 2.57. The summed E-state index contributed by atoms with van der Waals surface area (Å²) in [5.41, 5.74) is 0.824. The van der Waals surface area contributed by atoms with E-state index in [1.54, 1.807) is 38.2 Å². The fraction of sp³-hybridized carbons (Fsp3) is 0.467. The largest absolute Gasteiger partial charge is 0.497 e. The summed E-state index contributed by atoms with van der Waals surface area (Å²) in [5.74, 6) is -0.928. The zero-order valence-corrected chi connectivity index (χ0v) is 12.3. The van der Waals surface area contributed by atoms with Gasteiger partial charge < -0.3 is 19.5 Å². The molecule has 1 amide bonds. The number of hydrogen-bond acceptors (Lipinski definition) is 4. The first-order valence-corrected chi connectivity index (χ1v) is 6.70. The van der Waals surface area contributed by atoms with Crippen molar-refractivity contribution in [1.82, 2.24) is 4.90 Å². The Morgan fingerprint density at radius 2 is 2.10 bits per heavy atom. The van der Waals surface area contributed by atoms with Crippen LogP contribution in [0.2, 0.25) is 0 Å². The number of amides is 1. The van der Waals surface area contributed by atoms with E-state index in [1.165, 1.54) is 0 Å². The molecule has 1 unspecified atom stereocenters. The third kappa shape index (κ3) is 2.94. The summed E-state index contributed by atoms with van der Waals surface area (Å²) in [6.07, 6.45) is 0. The summed E-state index contributed by atoms with van der Waals surface area (Å²) in [5, 5.41) is 9.13. The van der Waals surface area contributed by atoms with E-state index >= 15 is 0 Å². The van der Waals surface area contributed by atoms with E-state index in [0.29, 0.717) is 18.0 Å². The van der Waals surface area contributed by atoms with Gasteiger partial charge >= 0.3 is 5.97 Å². The van der Waals surface area contributed by atoms with Gasteiger partial charge in [-0.3, -0.25) is 9.59 Å². The Morgan fingerprint density at radius 3 is 2.62 bits per heavy atom. The maximum absolute atomic E-state index is 12.1. The second-order valence-electron chi connectivity index (χ2n) is 5.13. The van der Waals surface area contributed by atoms with Crippen LogP contribution in [0.4, 0.5) is 0 Å². The lowest BCUT2D eigenvalue weighted by Gasteiger charge is -2.18. The number of hydrogen-bond donors (Lipinski definition) is 1.